The van der Waals surface area contributed by atoms with E-state index in [1.807, 2.05) is 4.72 Å². The van der Waals surface area contributed by atoms with Gasteiger partial charge in [0.05, 0.1) is 10.0 Å². The highest BCUT2D eigenvalue weighted by Crippen LogP contribution is 2.32. The van der Waals surface area contributed by atoms with Crippen molar-refractivity contribution in [2.75, 3.05) is 19.6 Å². The molecule has 1 fully saturated rings. The van der Waals surface area contributed by atoms with Gasteiger partial charge in [0.25, 0.3) is 5.91 Å². The second-order valence-electron chi connectivity index (χ2n) is 7.27. The Balaban J connectivity index is 1.78. The fraction of sp³-hybridized carbons (Fsp3) is 0.444. The molecule has 12 heteroatoms. The molecule has 1 aliphatic rings. The van der Waals surface area contributed by atoms with Crippen LogP contribution < -0.4 is 15.8 Å². The second-order valence-corrected chi connectivity index (χ2v) is 9.72. The molecule has 0 bridgehead atoms. The van der Waals surface area contributed by atoms with Gasteiger partial charge in [-0.1, -0.05) is 23.2 Å². The van der Waals surface area contributed by atoms with Crippen LogP contribution in [0.15, 0.2) is 18.2 Å². The summed E-state index contributed by atoms with van der Waals surface area (Å²) in [6, 6.07) is 4.81. The van der Waals surface area contributed by atoms with Gasteiger partial charge in [-0.2, -0.15) is 12.7 Å². The fourth-order valence-electron chi connectivity index (χ4n) is 3.70. The molecule has 0 radical (unpaired) electrons. The van der Waals surface area contributed by atoms with Crippen LogP contribution in [0.5, 0.6) is 0 Å². The number of rotatable bonds is 5. The van der Waals surface area contributed by atoms with Crippen LogP contribution in [-0.4, -0.2) is 54.8 Å². The molecule has 2 amide bonds. The van der Waals surface area contributed by atoms with Gasteiger partial charge in [0.1, 0.15) is 5.69 Å². The topological polar surface area (TPSA) is 127 Å². The zero-order chi connectivity index (χ0) is 22.2. The Kier molecular flexibility index (Phi) is 6.63. The van der Waals surface area contributed by atoms with Crippen molar-refractivity contribution in [3.63, 3.8) is 0 Å². The van der Waals surface area contributed by atoms with Gasteiger partial charge >= 0.3 is 10.2 Å². The summed E-state index contributed by atoms with van der Waals surface area (Å²) in [4.78, 5) is 24.1. The number of hydrogen-bond donors (Lipinski definition) is 3. The highest BCUT2D eigenvalue weighted by Gasteiger charge is 2.35. The van der Waals surface area contributed by atoms with Crippen LogP contribution in [0, 0.1) is 5.92 Å². The summed E-state index contributed by atoms with van der Waals surface area (Å²) in [5, 5.41) is 4.41. The summed E-state index contributed by atoms with van der Waals surface area (Å²) in [7, 11) is -2.17. The maximum Gasteiger partial charge on any atom is 0.303 e. The smallest absolute Gasteiger partial charge is 0.303 e. The Morgan fingerprint density at radius 1 is 1.30 bits per heavy atom. The Morgan fingerprint density at radius 3 is 2.63 bits per heavy atom. The Morgan fingerprint density at radius 2 is 2.00 bits per heavy atom. The maximum atomic E-state index is 12.9. The summed E-state index contributed by atoms with van der Waals surface area (Å²) >= 11 is 12.3. The van der Waals surface area contributed by atoms with E-state index < -0.39 is 16.1 Å². The summed E-state index contributed by atoms with van der Waals surface area (Å²) in [6.07, 6.45) is 0.364. The first-order valence-electron chi connectivity index (χ1n) is 9.28. The minimum atomic E-state index is -3.93. The van der Waals surface area contributed by atoms with E-state index in [0.717, 1.165) is 12.4 Å². The average molecular weight is 476 g/mol. The maximum absolute atomic E-state index is 12.9. The van der Waals surface area contributed by atoms with Crippen LogP contribution in [0.25, 0.3) is 10.9 Å². The van der Waals surface area contributed by atoms with E-state index in [2.05, 4.69) is 5.32 Å². The van der Waals surface area contributed by atoms with Crippen molar-refractivity contribution in [2.24, 2.45) is 18.7 Å². The number of piperidine rings is 1. The van der Waals surface area contributed by atoms with Gasteiger partial charge in [0, 0.05) is 49.9 Å². The number of nitrogens with two attached hydrogens (primary N) is 1. The number of aromatic nitrogens is 1. The van der Waals surface area contributed by atoms with E-state index in [0.29, 0.717) is 27.5 Å². The highest BCUT2D eigenvalue weighted by molar-refractivity contribution is 7.87. The van der Waals surface area contributed by atoms with Gasteiger partial charge in [-0.3, -0.25) is 9.59 Å². The van der Waals surface area contributed by atoms with Gasteiger partial charge in [0.2, 0.25) is 5.91 Å². The lowest BCUT2D eigenvalue weighted by Gasteiger charge is -2.37. The van der Waals surface area contributed by atoms with Crippen molar-refractivity contribution >= 4 is 56.1 Å². The molecule has 2 unspecified atom stereocenters. The molecule has 30 heavy (non-hydrogen) atoms. The lowest BCUT2D eigenvalue weighted by molar-refractivity contribution is -0.117. The van der Waals surface area contributed by atoms with Crippen LogP contribution in [0.2, 0.25) is 10.0 Å². The SMILES string of the molecule is CC(=O)NS(=O)(=O)N1CCC(NC(=O)c2cc3c(Cl)c(Cl)ccc3n2C)C(CN)C1. The molecule has 4 N–H and O–H groups in total. The molecule has 3 rings (SSSR count). The number of carbonyl (C=O) groups is 2. The van der Waals surface area contributed by atoms with Crippen LogP contribution >= 0.6 is 23.2 Å². The van der Waals surface area contributed by atoms with E-state index in [4.69, 9.17) is 28.9 Å². The molecule has 1 aromatic heterocycles. The van der Waals surface area contributed by atoms with Crippen LogP contribution in [0.1, 0.15) is 23.8 Å². The van der Waals surface area contributed by atoms with Gasteiger partial charge in [-0.05, 0) is 31.2 Å². The minimum absolute atomic E-state index is 0.0978. The number of benzene rings is 1. The highest BCUT2D eigenvalue weighted by atomic mass is 35.5. The Hall–Kier alpha value is -1.85. The Labute approximate surface area is 184 Å². The molecule has 2 heterocycles. The molecule has 9 nitrogen and oxygen atoms in total. The molecule has 2 aromatic rings. The van der Waals surface area contributed by atoms with Crippen molar-refractivity contribution in [3.05, 3.63) is 33.9 Å². The lowest BCUT2D eigenvalue weighted by atomic mass is 9.93. The second kappa shape index (κ2) is 8.72. The first-order chi connectivity index (χ1) is 14.0. The van der Waals surface area contributed by atoms with E-state index in [9.17, 15) is 18.0 Å². The molecular formula is C18H23Cl2N5O4S. The molecule has 1 aromatic carbocycles. The summed E-state index contributed by atoms with van der Waals surface area (Å²) < 4.78 is 29.3. The van der Waals surface area contributed by atoms with E-state index in [1.54, 1.807) is 29.8 Å². The first-order valence-corrected chi connectivity index (χ1v) is 11.5. The van der Waals surface area contributed by atoms with Crippen molar-refractivity contribution in [1.82, 2.24) is 18.9 Å². The van der Waals surface area contributed by atoms with Crippen molar-refractivity contribution in [3.8, 4) is 0 Å². The lowest BCUT2D eigenvalue weighted by Crippen LogP contribution is -2.56. The number of carbonyl (C=O) groups excluding carboxylic acids is 2. The standard InChI is InChI=1S/C18H23Cl2N5O4S/c1-10(26)23-30(28,29)25-6-5-14(11(8-21)9-25)22-18(27)16-7-12-15(24(16)2)4-3-13(19)17(12)20/h3-4,7,11,14H,5-6,8-9,21H2,1-2H3,(H,22,27)(H,23,26). The minimum Gasteiger partial charge on any atom is -0.348 e. The third-order valence-electron chi connectivity index (χ3n) is 5.27. The largest absolute Gasteiger partial charge is 0.348 e. The average Bonchev–Trinajstić information content (AvgIpc) is 3.01. The normalized spacial score (nSPS) is 20.3. The monoisotopic (exact) mass is 475 g/mol. The van der Waals surface area contributed by atoms with Crippen molar-refractivity contribution in [2.45, 2.75) is 19.4 Å². The fourth-order valence-corrected chi connectivity index (χ4v) is 5.31. The first kappa shape index (κ1) is 22.8. The quantitative estimate of drug-likeness (QED) is 0.599. The van der Waals surface area contributed by atoms with Gasteiger partial charge < -0.3 is 15.6 Å². The number of nitrogens with zero attached hydrogens (tertiary/aromatic N) is 2. The molecule has 1 aliphatic heterocycles. The van der Waals surface area contributed by atoms with Crippen molar-refractivity contribution < 1.29 is 18.0 Å². The van der Waals surface area contributed by atoms with Gasteiger partial charge in [-0.25, -0.2) is 4.72 Å². The summed E-state index contributed by atoms with van der Waals surface area (Å²) in [5.41, 5.74) is 7.01. The molecule has 1 saturated heterocycles. The van der Waals surface area contributed by atoms with E-state index >= 15 is 0 Å². The number of aryl methyl sites for hydroxylation is 1. The molecule has 164 valence electrons. The molecule has 0 spiro atoms. The Bertz CT molecular complexity index is 1100. The van der Waals surface area contributed by atoms with E-state index in [-0.39, 0.29) is 37.5 Å². The molecule has 0 saturated carbocycles. The van der Waals surface area contributed by atoms with Crippen LogP contribution in [-0.2, 0) is 22.1 Å². The van der Waals surface area contributed by atoms with Crippen LogP contribution in [0.4, 0.5) is 0 Å². The predicted octanol–water partition coefficient (Wildman–Crippen LogP) is 1.25. The summed E-state index contributed by atoms with van der Waals surface area (Å²) in [6.45, 7) is 1.56. The number of fused-ring (bicyclic) bond motifs is 1. The zero-order valence-corrected chi connectivity index (χ0v) is 18.8. The predicted molar refractivity (Wildman–Crippen MR) is 116 cm³/mol. The van der Waals surface area contributed by atoms with Crippen molar-refractivity contribution in [1.29, 1.82) is 0 Å². The van der Waals surface area contributed by atoms with Gasteiger partial charge in [-0.15, -0.1) is 0 Å². The molecular weight excluding hydrogens is 453 g/mol. The van der Waals surface area contributed by atoms with E-state index in [1.165, 1.54) is 4.31 Å². The van der Waals surface area contributed by atoms with Crippen LogP contribution in [0.3, 0.4) is 0 Å². The summed E-state index contributed by atoms with van der Waals surface area (Å²) in [5.74, 6) is -1.29. The van der Waals surface area contributed by atoms with Gasteiger partial charge in [0.15, 0.2) is 0 Å². The third-order valence-corrected chi connectivity index (χ3v) is 7.65. The number of amides is 2. The number of hydrogen-bond acceptors (Lipinski definition) is 5. The number of halogens is 2. The molecule has 0 aliphatic carbocycles. The number of nitrogens with one attached hydrogen (secondary N) is 2. The molecule has 2 atom stereocenters. The third kappa shape index (κ3) is 4.42. The zero-order valence-electron chi connectivity index (χ0n) is 16.5.